The van der Waals surface area contributed by atoms with Crippen LogP contribution in [0.15, 0.2) is 46.7 Å². The van der Waals surface area contributed by atoms with Crippen LogP contribution in [0, 0.1) is 0 Å². The lowest BCUT2D eigenvalue weighted by Gasteiger charge is -2.14. The zero-order valence-corrected chi connectivity index (χ0v) is 18.2. The maximum absolute atomic E-state index is 12.5. The third kappa shape index (κ3) is 5.67. The quantitative estimate of drug-likeness (QED) is 0.313. The summed E-state index contributed by atoms with van der Waals surface area (Å²) in [6.45, 7) is 0.582. The van der Waals surface area contributed by atoms with E-state index in [9.17, 15) is 9.59 Å². The number of thiocarbonyl (C=S) groups is 1. The number of carbonyl (C=O) groups is 2. The molecule has 2 amide bonds. The smallest absolute Gasteiger partial charge is 0.266 e. The molecule has 0 aliphatic carbocycles. The fraction of sp³-hybridized carbons (Fsp3) is 0.250. The predicted molar refractivity (Wildman–Crippen MR) is 123 cm³/mol. The monoisotopic (exact) mass is 450 g/mol. The molecular formula is C20H19ClN2O2S3. The molecule has 1 fully saturated rings. The minimum absolute atomic E-state index is 0.0279. The summed E-state index contributed by atoms with van der Waals surface area (Å²) < 4.78 is 0.601. The number of rotatable bonds is 8. The number of nitrogens with zero attached hydrogens (tertiary/aromatic N) is 1. The first-order valence-electron chi connectivity index (χ1n) is 8.88. The molecule has 1 N–H and O–H groups in total. The molecule has 2 heterocycles. The fourth-order valence-electron chi connectivity index (χ4n) is 2.70. The first-order chi connectivity index (χ1) is 13.5. The highest BCUT2D eigenvalue weighted by Gasteiger charge is 2.31. The third-order valence-electron chi connectivity index (χ3n) is 4.12. The van der Waals surface area contributed by atoms with Crippen LogP contribution < -0.4 is 5.32 Å². The van der Waals surface area contributed by atoms with Crippen molar-refractivity contribution in [2.24, 2.45) is 0 Å². The number of hydrogen-bond acceptors (Lipinski definition) is 5. The number of anilines is 1. The van der Waals surface area contributed by atoms with E-state index in [1.807, 2.05) is 35.7 Å². The normalized spacial score (nSPS) is 15.5. The minimum atomic E-state index is -0.0578. The Balaban J connectivity index is 1.39. The van der Waals surface area contributed by atoms with Gasteiger partial charge >= 0.3 is 0 Å². The van der Waals surface area contributed by atoms with Crippen LogP contribution in [0.4, 0.5) is 5.69 Å². The van der Waals surface area contributed by atoms with Crippen molar-refractivity contribution >= 4 is 74.8 Å². The predicted octanol–water partition coefficient (Wildman–Crippen LogP) is 5.80. The van der Waals surface area contributed by atoms with E-state index in [0.717, 1.165) is 24.1 Å². The maximum atomic E-state index is 12.5. The van der Waals surface area contributed by atoms with Crippen LogP contribution in [0.3, 0.4) is 0 Å². The molecule has 3 rings (SSSR count). The second kappa shape index (κ2) is 10.2. The summed E-state index contributed by atoms with van der Waals surface area (Å²) in [7, 11) is 0. The lowest BCUT2D eigenvalue weighted by molar-refractivity contribution is -0.122. The molecule has 0 radical (unpaired) electrons. The number of unbranched alkanes of at least 4 members (excludes halogenated alkanes) is 2. The van der Waals surface area contributed by atoms with E-state index in [0.29, 0.717) is 32.9 Å². The summed E-state index contributed by atoms with van der Waals surface area (Å²) in [4.78, 5) is 27.9. The van der Waals surface area contributed by atoms with Crippen molar-refractivity contribution in [2.45, 2.75) is 25.7 Å². The maximum Gasteiger partial charge on any atom is 0.266 e. The van der Waals surface area contributed by atoms with Crippen molar-refractivity contribution in [2.75, 3.05) is 11.9 Å². The standard InChI is InChI=1S/C20H19ClN2O2S3/c21-15-8-3-4-9-16(15)22-18(24)10-2-1-5-11-23-19(25)17(28-20(23)26)13-14-7-6-12-27-14/h3-4,6-9,12-13H,1-2,5,10-11H2,(H,22,24). The molecule has 1 saturated heterocycles. The molecule has 1 aromatic heterocycles. The van der Waals surface area contributed by atoms with Crippen molar-refractivity contribution < 1.29 is 9.59 Å². The van der Waals surface area contributed by atoms with Gasteiger partial charge in [0.1, 0.15) is 4.32 Å². The van der Waals surface area contributed by atoms with Crippen molar-refractivity contribution in [1.82, 2.24) is 4.90 Å². The fourth-order valence-corrected chi connectivity index (χ4v) is 4.92. The average Bonchev–Trinajstić information content (AvgIpc) is 3.27. The van der Waals surface area contributed by atoms with Crippen molar-refractivity contribution in [3.63, 3.8) is 0 Å². The largest absolute Gasteiger partial charge is 0.325 e. The summed E-state index contributed by atoms with van der Waals surface area (Å²) in [5.41, 5.74) is 0.629. The van der Waals surface area contributed by atoms with E-state index >= 15 is 0 Å². The Kier molecular flexibility index (Phi) is 7.67. The van der Waals surface area contributed by atoms with Crippen LogP contribution in [0.5, 0.6) is 0 Å². The summed E-state index contributed by atoms with van der Waals surface area (Å²) in [5, 5.41) is 5.33. The van der Waals surface area contributed by atoms with E-state index < -0.39 is 0 Å². The zero-order valence-electron chi connectivity index (χ0n) is 15.0. The molecule has 1 aliphatic rings. The third-order valence-corrected chi connectivity index (χ3v) is 6.65. The second-order valence-electron chi connectivity index (χ2n) is 6.19. The molecule has 0 spiro atoms. The first-order valence-corrected chi connectivity index (χ1v) is 11.4. The summed E-state index contributed by atoms with van der Waals surface area (Å²) in [5.74, 6) is -0.0857. The Hall–Kier alpha value is -1.67. The first kappa shape index (κ1) is 21.0. The Labute approximate surface area is 183 Å². The van der Waals surface area contributed by atoms with E-state index in [1.54, 1.807) is 28.4 Å². The van der Waals surface area contributed by atoms with Gasteiger partial charge in [-0.3, -0.25) is 14.5 Å². The number of hydrogen-bond donors (Lipinski definition) is 1. The van der Waals surface area contributed by atoms with Crippen LogP contribution >= 0.6 is 46.9 Å². The summed E-state index contributed by atoms with van der Waals surface area (Å²) >= 11 is 14.3. The van der Waals surface area contributed by atoms with Gasteiger partial charge in [0.2, 0.25) is 5.91 Å². The average molecular weight is 451 g/mol. The number of carbonyl (C=O) groups excluding carboxylic acids is 2. The number of thiophene rings is 1. The second-order valence-corrected chi connectivity index (χ2v) is 9.25. The molecule has 1 aliphatic heterocycles. The number of benzene rings is 1. The number of amides is 2. The number of thioether (sulfide) groups is 1. The number of nitrogens with one attached hydrogen (secondary N) is 1. The van der Waals surface area contributed by atoms with Gasteiger partial charge in [0.15, 0.2) is 0 Å². The molecular weight excluding hydrogens is 432 g/mol. The van der Waals surface area contributed by atoms with Gasteiger partial charge in [-0.05, 0) is 42.5 Å². The molecule has 146 valence electrons. The van der Waals surface area contributed by atoms with Crippen LogP contribution in [0.2, 0.25) is 5.02 Å². The van der Waals surface area contributed by atoms with Gasteiger partial charge in [0.25, 0.3) is 5.91 Å². The molecule has 0 unspecified atom stereocenters. The minimum Gasteiger partial charge on any atom is -0.325 e. The van der Waals surface area contributed by atoms with Crippen LogP contribution in [-0.4, -0.2) is 27.6 Å². The highest BCUT2D eigenvalue weighted by atomic mass is 35.5. The van der Waals surface area contributed by atoms with Crippen molar-refractivity contribution in [3.05, 3.63) is 56.6 Å². The van der Waals surface area contributed by atoms with Gasteiger partial charge in [-0.1, -0.05) is 60.2 Å². The highest BCUT2D eigenvalue weighted by Crippen LogP contribution is 2.33. The summed E-state index contributed by atoms with van der Waals surface area (Å²) in [6.07, 6.45) is 4.70. The summed E-state index contributed by atoms with van der Waals surface area (Å²) in [6, 6.07) is 11.1. The van der Waals surface area contributed by atoms with Crippen molar-refractivity contribution in [1.29, 1.82) is 0 Å². The Morgan fingerprint density at radius 1 is 1.18 bits per heavy atom. The Bertz CT molecular complexity index is 897. The molecule has 4 nitrogen and oxygen atoms in total. The SMILES string of the molecule is O=C(CCCCCN1C(=O)C(=Cc2cccs2)SC1=S)Nc1ccccc1Cl. The molecule has 2 aromatic rings. The zero-order chi connectivity index (χ0) is 19.9. The van der Waals surface area contributed by atoms with Gasteiger partial charge < -0.3 is 5.32 Å². The molecule has 0 atom stereocenters. The molecule has 0 bridgehead atoms. The molecule has 0 saturated carbocycles. The lowest BCUT2D eigenvalue weighted by Crippen LogP contribution is -2.29. The lowest BCUT2D eigenvalue weighted by atomic mass is 10.1. The van der Waals surface area contributed by atoms with E-state index in [1.165, 1.54) is 11.8 Å². The number of para-hydroxylation sites is 1. The van der Waals surface area contributed by atoms with E-state index in [-0.39, 0.29) is 11.8 Å². The van der Waals surface area contributed by atoms with Crippen LogP contribution in [0.1, 0.15) is 30.6 Å². The molecule has 28 heavy (non-hydrogen) atoms. The van der Waals surface area contributed by atoms with E-state index in [4.69, 9.17) is 23.8 Å². The van der Waals surface area contributed by atoms with Gasteiger partial charge in [0.05, 0.1) is 15.6 Å². The number of halogens is 1. The highest BCUT2D eigenvalue weighted by molar-refractivity contribution is 8.26. The Morgan fingerprint density at radius 2 is 2.00 bits per heavy atom. The topological polar surface area (TPSA) is 49.4 Å². The van der Waals surface area contributed by atoms with Gasteiger partial charge in [0, 0.05) is 17.8 Å². The van der Waals surface area contributed by atoms with Gasteiger partial charge in [-0.2, -0.15) is 0 Å². The van der Waals surface area contributed by atoms with Crippen molar-refractivity contribution in [3.8, 4) is 0 Å². The van der Waals surface area contributed by atoms with Crippen LogP contribution in [-0.2, 0) is 9.59 Å². The van der Waals surface area contributed by atoms with E-state index in [2.05, 4.69) is 5.32 Å². The van der Waals surface area contributed by atoms with Gasteiger partial charge in [-0.15, -0.1) is 11.3 Å². The molecule has 1 aromatic carbocycles. The van der Waals surface area contributed by atoms with Crippen LogP contribution in [0.25, 0.3) is 6.08 Å². The molecule has 8 heteroatoms. The Morgan fingerprint density at radius 3 is 2.75 bits per heavy atom. The van der Waals surface area contributed by atoms with Gasteiger partial charge in [-0.25, -0.2) is 0 Å².